The van der Waals surface area contributed by atoms with Gasteiger partial charge in [-0.2, -0.15) is 0 Å². The lowest BCUT2D eigenvalue weighted by atomic mass is 10.0. The molecule has 1 saturated heterocycles. The van der Waals surface area contributed by atoms with E-state index in [1.807, 2.05) is 60.7 Å². The molecular formula is C24H24N2O5S. The Balaban J connectivity index is 1.46. The molecule has 1 fully saturated rings. The fraction of sp³-hybridized carbons (Fsp3) is 0.292. The number of nitrogens with one attached hydrogen (secondary N) is 1. The normalized spacial score (nSPS) is 22.1. The second-order valence-electron chi connectivity index (χ2n) is 7.60. The molecule has 2 aromatic rings. The maximum atomic E-state index is 12.9. The van der Waals surface area contributed by atoms with Gasteiger partial charge in [0.25, 0.3) is 5.91 Å². The smallest absolute Gasteiger partial charge is 0.355 e. The maximum absolute atomic E-state index is 12.9. The van der Waals surface area contributed by atoms with Crippen LogP contribution in [0.25, 0.3) is 0 Å². The van der Waals surface area contributed by atoms with Crippen LogP contribution < -0.4 is 5.32 Å². The van der Waals surface area contributed by atoms with Gasteiger partial charge in [0.15, 0.2) is 0 Å². The first kappa shape index (κ1) is 22.1. The van der Waals surface area contributed by atoms with Gasteiger partial charge in [-0.05, 0) is 23.6 Å². The van der Waals surface area contributed by atoms with Gasteiger partial charge in [0, 0.05) is 7.11 Å². The number of hydrogen-bond donors (Lipinski definition) is 1. The number of nitrogens with zero attached hydrogens (tertiary/aromatic N) is 1. The van der Waals surface area contributed by atoms with Gasteiger partial charge in [0.2, 0.25) is 5.91 Å². The van der Waals surface area contributed by atoms with Crippen molar-refractivity contribution in [1.82, 2.24) is 10.2 Å². The Morgan fingerprint density at radius 2 is 1.66 bits per heavy atom. The van der Waals surface area contributed by atoms with Crippen molar-refractivity contribution in [2.45, 2.75) is 36.8 Å². The first-order valence-electron chi connectivity index (χ1n) is 10.3. The zero-order chi connectivity index (χ0) is 22.7. The number of β-lactam (4-membered cyclic amide) rings is 1. The summed E-state index contributed by atoms with van der Waals surface area (Å²) >= 11 is 1.39. The Labute approximate surface area is 190 Å². The molecule has 0 spiro atoms. The van der Waals surface area contributed by atoms with E-state index in [9.17, 15) is 14.4 Å². The van der Waals surface area contributed by atoms with Crippen molar-refractivity contribution in [3.05, 3.63) is 83.1 Å². The van der Waals surface area contributed by atoms with Crippen molar-refractivity contribution in [2.75, 3.05) is 7.11 Å². The third kappa shape index (κ3) is 4.42. The van der Waals surface area contributed by atoms with Crippen LogP contribution in [0.2, 0.25) is 0 Å². The van der Waals surface area contributed by atoms with Crippen LogP contribution in [-0.2, 0) is 36.9 Å². The third-order valence-electron chi connectivity index (χ3n) is 5.42. The van der Waals surface area contributed by atoms with Crippen molar-refractivity contribution in [3.63, 3.8) is 0 Å². The fourth-order valence-electron chi connectivity index (χ4n) is 3.79. The molecule has 0 bridgehead atoms. The zero-order valence-corrected chi connectivity index (χ0v) is 18.6. The summed E-state index contributed by atoms with van der Waals surface area (Å²) in [6, 6.07) is 17.9. The van der Waals surface area contributed by atoms with Gasteiger partial charge in [-0.25, -0.2) is 4.79 Å². The van der Waals surface area contributed by atoms with Crippen molar-refractivity contribution in [1.29, 1.82) is 0 Å². The average Bonchev–Trinajstić information content (AvgIpc) is 2.82. The predicted molar refractivity (Wildman–Crippen MR) is 120 cm³/mol. The molecule has 0 unspecified atom stereocenters. The van der Waals surface area contributed by atoms with Gasteiger partial charge >= 0.3 is 5.97 Å². The van der Waals surface area contributed by atoms with Crippen LogP contribution in [0, 0.1) is 0 Å². The van der Waals surface area contributed by atoms with Crippen molar-refractivity contribution < 1.29 is 23.9 Å². The fourth-order valence-corrected chi connectivity index (χ4v) is 5.15. The number of thioether (sulfide) groups is 1. The van der Waals surface area contributed by atoms with Gasteiger partial charge in [0.1, 0.15) is 29.2 Å². The van der Waals surface area contributed by atoms with Crippen LogP contribution >= 0.6 is 11.8 Å². The Bertz CT molecular complexity index is 1040. The van der Waals surface area contributed by atoms with Gasteiger partial charge < -0.3 is 14.8 Å². The number of methoxy groups -OCH3 is 1. The Kier molecular flexibility index (Phi) is 6.62. The molecule has 2 aliphatic rings. The Hall–Kier alpha value is -3.10. The third-order valence-corrected chi connectivity index (χ3v) is 6.97. The Morgan fingerprint density at radius 3 is 2.28 bits per heavy atom. The van der Waals surface area contributed by atoms with E-state index in [1.165, 1.54) is 16.7 Å². The van der Waals surface area contributed by atoms with E-state index in [1.54, 1.807) is 14.0 Å². The van der Waals surface area contributed by atoms with Gasteiger partial charge in [-0.3, -0.25) is 14.5 Å². The number of rotatable bonds is 7. The minimum atomic E-state index is -0.723. The number of hydrogen-bond acceptors (Lipinski definition) is 6. The molecule has 2 aromatic carbocycles. The molecule has 0 aliphatic carbocycles. The van der Waals surface area contributed by atoms with Gasteiger partial charge in [-0.15, -0.1) is 0 Å². The average molecular weight is 453 g/mol. The summed E-state index contributed by atoms with van der Waals surface area (Å²) < 4.78 is 11.0. The zero-order valence-electron chi connectivity index (χ0n) is 17.8. The molecule has 32 heavy (non-hydrogen) atoms. The minimum absolute atomic E-state index is 0.102. The predicted octanol–water partition coefficient (Wildman–Crippen LogP) is 2.62. The van der Waals surface area contributed by atoms with Crippen LogP contribution in [0.3, 0.4) is 0 Å². The highest BCUT2D eigenvalue weighted by Gasteiger charge is 2.56. The summed E-state index contributed by atoms with van der Waals surface area (Å²) in [5, 5.41) is 2.37. The number of carbonyl (C=O) groups is 3. The number of amides is 2. The molecule has 2 aliphatic heterocycles. The van der Waals surface area contributed by atoms with E-state index in [4.69, 9.17) is 9.47 Å². The van der Waals surface area contributed by atoms with E-state index in [0.717, 1.165) is 11.1 Å². The largest absolute Gasteiger partial charge is 0.456 e. The van der Waals surface area contributed by atoms with E-state index in [-0.39, 0.29) is 30.5 Å². The molecule has 7 nitrogen and oxygen atoms in total. The van der Waals surface area contributed by atoms with Crippen LogP contribution in [0.4, 0.5) is 0 Å². The molecule has 8 heteroatoms. The lowest BCUT2D eigenvalue weighted by Crippen LogP contribution is -2.71. The summed E-state index contributed by atoms with van der Waals surface area (Å²) in [6.45, 7) is 1.86. The van der Waals surface area contributed by atoms with Crippen molar-refractivity contribution in [2.24, 2.45) is 0 Å². The number of benzene rings is 2. The van der Waals surface area contributed by atoms with Crippen molar-refractivity contribution in [3.8, 4) is 0 Å². The van der Waals surface area contributed by atoms with Crippen molar-refractivity contribution >= 4 is 29.5 Å². The molecule has 0 saturated carbocycles. The monoisotopic (exact) mass is 452 g/mol. The highest BCUT2D eigenvalue weighted by Crippen LogP contribution is 2.44. The first-order valence-corrected chi connectivity index (χ1v) is 11.2. The van der Waals surface area contributed by atoms with E-state index < -0.39 is 22.8 Å². The standard InChI is InChI=1S/C24H24N2O5S/c1-15-20(23(29)31-14-17-11-7-4-8-12-17)26-21(28)19(22(26)32-24(15)30-2)25-18(27)13-16-9-5-3-6-10-16/h3-12,19,22,24H,13-14H2,1-2H3,(H,25,27)/t19-,22+,24-/m0/s1. The summed E-state index contributed by atoms with van der Waals surface area (Å²) in [5.74, 6) is -1.16. The molecule has 2 heterocycles. The van der Waals surface area contributed by atoms with E-state index in [0.29, 0.717) is 5.57 Å². The molecule has 3 atom stereocenters. The lowest BCUT2D eigenvalue weighted by Gasteiger charge is -2.51. The number of ether oxygens (including phenoxy) is 2. The molecule has 0 aromatic heterocycles. The highest BCUT2D eigenvalue weighted by atomic mass is 32.2. The highest BCUT2D eigenvalue weighted by molar-refractivity contribution is 8.00. The second-order valence-corrected chi connectivity index (χ2v) is 8.79. The number of fused-ring (bicyclic) bond motifs is 1. The molecule has 2 amide bonds. The van der Waals surface area contributed by atoms with Crippen LogP contribution in [-0.4, -0.2) is 46.6 Å². The molecular weight excluding hydrogens is 428 g/mol. The summed E-state index contributed by atoms with van der Waals surface area (Å²) in [5.41, 5.74) is 2.10. The van der Waals surface area contributed by atoms with Crippen LogP contribution in [0.5, 0.6) is 0 Å². The van der Waals surface area contributed by atoms with Crippen LogP contribution in [0.1, 0.15) is 18.1 Å². The topological polar surface area (TPSA) is 84.9 Å². The first-order chi connectivity index (χ1) is 15.5. The molecule has 166 valence electrons. The molecule has 1 N–H and O–H groups in total. The lowest BCUT2D eigenvalue weighted by molar-refractivity contribution is -0.153. The van der Waals surface area contributed by atoms with Gasteiger partial charge in [-0.1, -0.05) is 72.4 Å². The number of carbonyl (C=O) groups excluding carboxylic acids is 3. The van der Waals surface area contributed by atoms with Gasteiger partial charge in [0.05, 0.1) is 6.42 Å². The summed E-state index contributed by atoms with van der Waals surface area (Å²) in [7, 11) is 1.55. The SMILES string of the molecule is CO[C@H]1S[C@@H]2[C@@H](NC(=O)Cc3ccccc3)C(=O)N2C(C(=O)OCc2ccccc2)=C1C. The van der Waals surface area contributed by atoms with E-state index >= 15 is 0 Å². The minimum Gasteiger partial charge on any atom is -0.456 e. The second kappa shape index (κ2) is 9.58. The molecule has 0 radical (unpaired) electrons. The summed E-state index contributed by atoms with van der Waals surface area (Å²) in [6.07, 6.45) is 0.177. The summed E-state index contributed by atoms with van der Waals surface area (Å²) in [4.78, 5) is 39.8. The maximum Gasteiger partial charge on any atom is 0.355 e. The molecule has 4 rings (SSSR count). The quantitative estimate of drug-likeness (QED) is 0.514. The van der Waals surface area contributed by atoms with E-state index in [2.05, 4.69) is 5.32 Å². The van der Waals surface area contributed by atoms with Crippen LogP contribution in [0.15, 0.2) is 71.9 Å². The Morgan fingerprint density at radius 1 is 1.03 bits per heavy atom. The number of esters is 1.